The molecule has 0 aliphatic carbocycles. The van der Waals surface area contributed by atoms with Crippen molar-refractivity contribution in [2.45, 2.75) is 19.8 Å². The van der Waals surface area contributed by atoms with Crippen LogP contribution in [0.4, 0.5) is 5.69 Å². The molecule has 0 saturated carbocycles. The summed E-state index contributed by atoms with van der Waals surface area (Å²) in [6.45, 7) is 2.73. The summed E-state index contributed by atoms with van der Waals surface area (Å²) in [7, 11) is 0. The lowest BCUT2D eigenvalue weighted by Crippen LogP contribution is -2.34. The van der Waals surface area contributed by atoms with Crippen LogP contribution in [0.25, 0.3) is 0 Å². The van der Waals surface area contributed by atoms with Crippen molar-refractivity contribution in [2.75, 3.05) is 11.9 Å². The number of hydrogen-bond donors (Lipinski definition) is 3. The van der Waals surface area contributed by atoms with E-state index in [2.05, 4.69) is 33.5 Å². The van der Waals surface area contributed by atoms with E-state index >= 15 is 0 Å². The fourth-order valence-corrected chi connectivity index (χ4v) is 2.71. The number of ether oxygens (including phenoxy) is 1. The van der Waals surface area contributed by atoms with Crippen molar-refractivity contribution >= 4 is 44.9 Å². The van der Waals surface area contributed by atoms with E-state index in [9.17, 15) is 9.90 Å². The normalized spacial score (nSPS) is 10.2. The number of rotatable bonds is 6. The molecule has 0 aliphatic heterocycles. The lowest BCUT2D eigenvalue weighted by molar-refractivity contribution is 0.0977. The number of thiocarbonyl (C=S) groups is 1. The van der Waals surface area contributed by atoms with Crippen LogP contribution in [0.15, 0.2) is 46.9 Å². The molecule has 0 unspecified atom stereocenters. The summed E-state index contributed by atoms with van der Waals surface area (Å²) in [5.74, 6) is 0.477. The number of hydrogen-bond acceptors (Lipinski definition) is 4. The number of carbonyl (C=O) groups is 1. The molecule has 7 heteroatoms. The minimum atomic E-state index is -0.335. The van der Waals surface area contributed by atoms with E-state index < -0.39 is 0 Å². The highest BCUT2D eigenvalue weighted by atomic mass is 79.9. The van der Waals surface area contributed by atoms with Crippen LogP contribution in [0.1, 0.15) is 30.1 Å². The Morgan fingerprint density at radius 1 is 1.28 bits per heavy atom. The average Bonchev–Trinajstić information content (AvgIpc) is 2.56. The third-order valence-corrected chi connectivity index (χ3v) is 4.10. The van der Waals surface area contributed by atoms with E-state index in [1.54, 1.807) is 36.4 Å². The Balaban J connectivity index is 1.95. The minimum Gasteiger partial charge on any atom is -0.508 e. The molecule has 1 amide bonds. The zero-order chi connectivity index (χ0) is 18.2. The first kappa shape index (κ1) is 19.2. The van der Waals surface area contributed by atoms with Gasteiger partial charge in [-0.2, -0.15) is 0 Å². The predicted octanol–water partition coefficient (Wildman–Crippen LogP) is 4.46. The van der Waals surface area contributed by atoms with Gasteiger partial charge in [0.2, 0.25) is 0 Å². The van der Waals surface area contributed by atoms with Gasteiger partial charge >= 0.3 is 0 Å². The fourth-order valence-electron chi connectivity index (χ4n) is 2.01. The quantitative estimate of drug-likeness (QED) is 0.473. The number of amides is 1. The number of anilines is 1. The van der Waals surface area contributed by atoms with Gasteiger partial charge in [-0.25, -0.2) is 0 Å². The van der Waals surface area contributed by atoms with Gasteiger partial charge in [0.1, 0.15) is 11.5 Å². The molecule has 0 aromatic heterocycles. The van der Waals surface area contributed by atoms with Crippen LogP contribution in [-0.2, 0) is 0 Å². The van der Waals surface area contributed by atoms with Crippen LogP contribution in [0.3, 0.4) is 0 Å². The molecule has 0 spiro atoms. The molecule has 132 valence electrons. The number of unbranched alkanes of at least 4 members (excludes halogenated alkanes) is 1. The second kappa shape index (κ2) is 9.39. The Morgan fingerprint density at radius 3 is 2.76 bits per heavy atom. The number of halogens is 1. The Kier molecular flexibility index (Phi) is 7.21. The second-order valence-corrected chi connectivity index (χ2v) is 6.57. The van der Waals surface area contributed by atoms with E-state index in [4.69, 9.17) is 17.0 Å². The van der Waals surface area contributed by atoms with Crippen molar-refractivity contribution in [3.05, 3.63) is 52.5 Å². The summed E-state index contributed by atoms with van der Waals surface area (Å²) >= 11 is 8.54. The highest BCUT2D eigenvalue weighted by molar-refractivity contribution is 9.10. The summed E-state index contributed by atoms with van der Waals surface area (Å²) in [4.78, 5) is 12.3. The average molecular weight is 423 g/mol. The number of phenolic OH excluding ortho intramolecular Hbond substituents is 1. The van der Waals surface area contributed by atoms with Crippen molar-refractivity contribution in [1.82, 2.24) is 5.32 Å². The van der Waals surface area contributed by atoms with Crippen LogP contribution in [0.5, 0.6) is 11.5 Å². The molecule has 0 fully saturated rings. The summed E-state index contributed by atoms with van der Waals surface area (Å²) < 4.78 is 6.35. The Labute approximate surface area is 160 Å². The van der Waals surface area contributed by atoms with Gasteiger partial charge in [0.05, 0.1) is 11.1 Å². The molecule has 2 rings (SSSR count). The molecule has 2 aromatic rings. The van der Waals surface area contributed by atoms with E-state index in [1.807, 2.05) is 0 Å². The van der Waals surface area contributed by atoms with Gasteiger partial charge in [-0.05, 0) is 64.9 Å². The first-order valence-corrected chi connectivity index (χ1v) is 9.03. The van der Waals surface area contributed by atoms with Crippen molar-refractivity contribution in [2.24, 2.45) is 0 Å². The van der Waals surface area contributed by atoms with Crippen LogP contribution >= 0.6 is 28.1 Å². The molecule has 2 aromatic carbocycles. The summed E-state index contributed by atoms with van der Waals surface area (Å²) in [5, 5.41) is 15.0. The Morgan fingerprint density at radius 2 is 2.08 bits per heavy atom. The number of carbonyl (C=O) groups excluding carboxylic acids is 1. The molecule has 5 nitrogen and oxygen atoms in total. The van der Waals surface area contributed by atoms with Crippen LogP contribution < -0.4 is 15.4 Å². The molecular weight excluding hydrogens is 404 g/mol. The van der Waals surface area contributed by atoms with Gasteiger partial charge in [-0.15, -0.1) is 0 Å². The first-order chi connectivity index (χ1) is 12.0. The Bertz CT molecular complexity index is 768. The molecule has 3 N–H and O–H groups in total. The number of benzene rings is 2. The number of nitrogens with one attached hydrogen (secondary N) is 2. The van der Waals surface area contributed by atoms with Crippen molar-refractivity contribution < 1.29 is 14.6 Å². The third kappa shape index (κ3) is 6.03. The van der Waals surface area contributed by atoms with E-state index in [0.29, 0.717) is 28.1 Å². The second-order valence-electron chi connectivity index (χ2n) is 5.31. The fraction of sp³-hybridized carbons (Fsp3) is 0.222. The van der Waals surface area contributed by atoms with Crippen LogP contribution in [0.2, 0.25) is 0 Å². The maximum absolute atomic E-state index is 12.3. The molecule has 0 radical (unpaired) electrons. The van der Waals surface area contributed by atoms with Gasteiger partial charge in [-0.1, -0.05) is 19.4 Å². The van der Waals surface area contributed by atoms with Gasteiger partial charge in [0.15, 0.2) is 5.11 Å². The molecule has 0 aliphatic rings. The van der Waals surface area contributed by atoms with Gasteiger partial charge in [0, 0.05) is 17.3 Å². The molecule has 0 atom stereocenters. The maximum Gasteiger partial charge on any atom is 0.257 e. The highest BCUT2D eigenvalue weighted by Gasteiger charge is 2.11. The molecular formula is C18H19BrN2O3S. The zero-order valence-corrected chi connectivity index (χ0v) is 16.1. The standard InChI is InChI=1S/C18H19BrN2O3S/c1-2-3-9-24-16-8-7-12(10-15(16)19)17(23)21-18(25)20-13-5-4-6-14(22)11-13/h4-8,10-11,22H,2-3,9H2,1H3,(H2,20,21,23,25). The minimum absolute atomic E-state index is 0.113. The van der Waals surface area contributed by atoms with Crippen molar-refractivity contribution in [3.8, 4) is 11.5 Å². The van der Waals surface area contributed by atoms with Crippen LogP contribution in [0, 0.1) is 0 Å². The summed E-state index contributed by atoms with van der Waals surface area (Å²) in [5.41, 5.74) is 1.04. The van der Waals surface area contributed by atoms with Crippen LogP contribution in [-0.4, -0.2) is 22.7 Å². The largest absolute Gasteiger partial charge is 0.508 e. The third-order valence-electron chi connectivity index (χ3n) is 3.28. The number of aromatic hydroxyl groups is 1. The van der Waals surface area contributed by atoms with Gasteiger partial charge in [0.25, 0.3) is 5.91 Å². The molecule has 25 heavy (non-hydrogen) atoms. The molecule has 0 bridgehead atoms. The van der Waals surface area contributed by atoms with E-state index in [-0.39, 0.29) is 16.8 Å². The molecule has 0 heterocycles. The zero-order valence-electron chi connectivity index (χ0n) is 13.7. The smallest absolute Gasteiger partial charge is 0.257 e. The van der Waals surface area contributed by atoms with Crippen molar-refractivity contribution in [3.63, 3.8) is 0 Å². The monoisotopic (exact) mass is 422 g/mol. The van der Waals surface area contributed by atoms with Crippen molar-refractivity contribution in [1.29, 1.82) is 0 Å². The predicted molar refractivity (Wildman–Crippen MR) is 106 cm³/mol. The lowest BCUT2D eigenvalue weighted by Gasteiger charge is -2.11. The summed E-state index contributed by atoms with van der Waals surface area (Å²) in [6.07, 6.45) is 2.03. The van der Waals surface area contributed by atoms with Gasteiger partial charge < -0.3 is 15.2 Å². The summed E-state index contributed by atoms with van der Waals surface area (Å²) in [6, 6.07) is 11.6. The maximum atomic E-state index is 12.3. The topological polar surface area (TPSA) is 70.6 Å². The first-order valence-electron chi connectivity index (χ1n) is 7.83. The SMILES string of the molecule is CCCCOc1ccc(C(=O)NC(=S)Nc2cccc(O)c2)cc1Br. The number of phenols is 1. The van der Waals surface area contributed by atoms with E-state index in [0.717, 1.165) is 12.8 Å². The van der Waals surface area contributed by atoms with E-state index in [1.165, 1.54) is 6.07 Å². The molecule has 0 saturated heterocycles. The van der Waals surface area contributed by atoms with Gasteiger partial charge in [-0.3, -0.25) is 10.1 Å². The Hall–Kier alpha value is -2.12. The highest BCUT2D eigenvalue weighted by Crippen LogP contribution is 2.26. The lowest BCUT2D eigenvalue weighted by atomic mass is 10.2.